The van der Waals surface area contributed by atoms with E-state index in [1.165, 1.54) is 5.56 Å². The zero-order chi connectivity index (χ0) is 18.6. The standard InChI is InChI=1S/C21H25N3O3/c1-2-23-13-21-8-3-16(27-21)17(18(21)20(23)26)19(25)24-11-6-15(7-12-24)14-4-9-22-10-5-14/h3-5,8-10,15-18H,2,6-7,11-13H2,1H3/t16-,17+,18-,21+/m1/s1. The lowest BCUT2D eigenvalue weighted by atomic mass is 9.76. The summed E-state index contributed by atoms with van der Waals surface area (Å²) in [6.07, 6.45) is 9.34. The van der Waals surface area contributed by atoms with Crippen LogP contribution in [-0.2, 0) is 14.3 Å². The van der Waals surface area contributed by atoms with E-state index >= 15 is 0 Å². The number of pyridine rings is 1. The van der Waals surface area contributed by atoms with Crippen molar-refractivity contribution >= 4 is 11.8 Å². The summed E-state index contributed by atoms with van der Waals surface area (Å²) in [6, 6.07) is 4.13. The molecule has 0 N–H and O–H groups in total. The molecular formula is C21H25N3O3. The molecule has 6 nitrogen and oxygen atoms in total. The summed E-state index contributed by atoms with van der Waals surface area (Å²) in [5.74, 6) is -0.0669. The van der Waals surface area contributed by atoms with Crippen molar-refractivity contribution in [1.29, 1.82) is 0 Å². The van der Waals surface area contributed by atoms with E-state index in [1.807, 2.05) is 41.3 Å². The Bertz CT molecular complexity index is 787. The van der Waals surface area contributed by atoms with E-state index in [-0.39, 0.29) is 29.8 Å². The lowest BCUT2D eigenvalue weighted by Gasteiger charge is -2.35. The van der Waals surface area contributed by atoms with Crippen LogP contribution in [0.15, 0.2) is 36.7 Å². The number of fused-ring (bicyclic) bond motifs is 1. The highest BCUT2D eigenvalue weighted by molar-refractivity contribution is 5.93. The zero-order valence-electron chi connectivity index (χ0n) is 15.6. The summed E-state index contributed by atoms with van der Waals surface area (Å²) in [4.78, 5) is 34.1. The molecule has 0 radical (unpaired) electrons. The minimum absolute atomic E-state index is 0.0781. The Labute approximate surface area is 159 Å². The Morgan fingerprint density at radius 3 is 2.74 bits per heavy atom. The van der Waals surface area contributed by atoms with Gasteiger partial charge in [-0.2, -0.15) is 0 Å². The predicted molar refractivity (Wildman–Crippen MR) is 98.8 cm³/mol. The Morgan fingerprint density at radius 2 is 2.04 bits per heavy atom. The van der Waals surface area contributed by atoms with Gasteiger partial charge >= 0.3 is 0 Å². The quantitative estimate of drug-likeness (QED) is 0.761. The molecule has 3 fully saturated rings. The summed E-state index contributed by atoms with van der Waals surface area (Å²) in [5.41, 5.74) is 0.722. The fraction of sp³-hybridized carbons (Fsp3) is 0.571. The molecule has 2 amide bonds. The number of piperidine rings is 1. The molecule has 0 unspecified atom stereocenters. The molecule has 0 saturated carbocycles. The van der Waals surface area contributed by atoms with Gasteiger partial charge in [-0.15, -0.1) is 0 Å². The summed E-state index contributed by atoms with van der Waals surface area (Å²) < 4.78 is 6.17. The minimum atomic E-state index is -0.576. The third-order valence-electron chi connectivity index (χ3n) is 6.83. The zero-order valence-corrected chi connectivity index (χ0v) is 15.6. The molecule has 0 aliphatic carbocycles. The van der Waals surface area contributed by atoms with Crippen LogP contribution in [0, 0.1) is 11.8 Å². The van der Waals surface area contributed by atoms with Crippen LogP contribution in [0.5, 0.6) is 0 Å². The molecule has 27 heavy (non-hydrogen) atoms. The molecule has 2 bridgehead atoms. The molecule has 1 spiro atoms. The SMILES string of the molecule is CCN1C[C@]23C=C[C@@H](O2)[C@H](C(=O)N2CCC(c4ccncc4)CC2)[C@@H]3C1=O. The maximum absolute atomic E-state index is 13.3. The Morgan fingerprint density at radius 1 is 1.30 bits per heavy atom. The number of carbonyl (C=O) groups excluding carboxylic acids is 2. The Hall–Kier alpha value is -2.21. The maximum Gasteiger partial charge on any atom is 0.230 e. The molecule has 142 valence electrons. The molecule has 4 aliphatic heterocycles. The first-order chi connectivity index (χ1) is 13.1. The van der Waals surface area contributed by atoms with Gasteiger partial charge in [0.25, 0.3) is 0 Å². The second-order valence-corrected chi connectivity index (χ2v) is 8.13. The number of carbonyl (C=O) groups is 2. The molecule has 1 aromatic heterocycles. The van der Waals surface area contributed by atoms with Crippen LogP contribution >= 0.6 is 0 Å². The van der Waals surface area contributed by atoms with Gasteiger partial charge < -0.3 is 14.5 Å². The number of hydrogen-bond donors (Lipinski definition) is 0. The van der Waals surface area contributed by atoms with E-state index in [9.17, 15) is 9.59 Å². The molecule has 5 rings (SSSR count). The molecular weight excluding hydrogens is 342 g/mol. The lowest BCUT2D eigenvalue weighted by molar-refractivity contribution is -0.144. The van der Waals surface area contributed by atoms with Crippen LogP contribution < -0.4 is 0 Å². The van der Waals surface area contributed by atoms with Gasteiger partial charge in [0.1, 0.15) is 5.60 Å². The third kappa shape index (κ3) is 2.46. The predicted octanol–water partition coefficient (Wildman–Crippen LogP) is 1.59. The highest BCUT2D eigenvalue weighted by Crippen LogP contribution is 2.52. The first-order valence-electron chi connectivity index (χ1n) is 9.97. The van der Waals surface area contributed by atoms with Crippen LogP contribution in [-0.4, -0.2) is 64.5 Å². The van der Waals surface area contributed by atoms with E-state index in [1.54, 1.807) is 0 Å². The second-order valence-electron chi connectivity index (χ2n) is 8.13. The molecule has 1 aromatic rings. The van der Waals surface area contributed by atoms with E-state index in [4.69, 9.17) is 4.74 Å². The fourth-order valence-corrected chi connectivity index (χ4v) is 5.41. The minimum Gasteiger partial charge on any atom is -0.360 e. The van der Waals surface area contributed by atoms with Crippen molar-refractivity contribution < 1.29 is 14.3 Å². The first-order valence-corrected chi connectivity index (χ1v) is 9.97. The summed E-state index contributed by atoms with van der Waals surface area (Å²) in [5, 5.41) is 0. The average molecular weight is 367 g/mol. The Kier molecular flexibility index (Phi) is 3.86. The van der Waals surface area contributed by atoms with Crippen molar-refractivity contribution in [1.82, 2.24) is 14.8 Å². The number of likely N-dealkylation sites (tertiary alicyclic amines) is 2. The number of aromatic nitrogens is 1. The average Bonchev–Trinajstić information content (AvgIpc) is 3.36. The van der Waals surface area contributed by atoms with E-state index in [2.05, 4.69) is 17.1 Å². The van der Waals surface area contributed by atoms with Crippen molar-refractivity contribution in [3.8, 4) is 0 Å². The molecule has 0 aromatic carbocycles. The fourth-order valence-electron chi connectivity index (χ4n) is 5.41. The molecule has 4 aliphatic rings. The second kappa shape index (κ2) is 6.16. The van der Waals surface area contributed by atoms with Crippen molar-refractivity contribution in [2.24, 2.45) is 11.8 Å². The van der Waals surface area contributed by atoms with Gasteiger partial charge in [0.15, 0.2) is 0 Å². The number of amides is 2. The van der Waals surface area contributed by atoms with Crippen LogP contribution in [0.2, 0.25) is 0 Å². The number of ether oxygens (including phenoxy) is 1. The highest BCUT2D eigenvalue weighted by atomic mass is 16.5. The smallest absolute Gasteiger partial charge is 0.230 e. The van der Waals surface area contributed by atoms with E-state index < -0.39 is 5.60 Å². The molecule has 3 saturated heterocycles. The summed E-state index contributed by atoms with van der Waals surface area (Å²) >= 11 is 0. The van der Waals surface area contributed by atoms with E-state index in [0.29, 0.717) is 19.0 Å². The largest absolute Gasteiger partial charge is 0.360 e. The topological polar surface area (TPSA) is 62.7 Å². The maximum atomic E-state index is 13.3. The van der Waals surface area contributed by atoms with Gasteiger partial charge in [0, 0.05) is 32.0 Å². The van der Waals surface area contributed by atoms with Gasteiger partial charge in [-0.25, -0.2) is 0 Å². The molecule has 6 heteroatoms. The van der Waals surface area contributed by atoms with Crippen LogP contribution in [0.4, 0.5) is 0 Å². The van der Waals surface area contributed by atoms with Gasteiger partial charge in [0.2, 0.25) is 11.8 Å². The monoisotopic (exact) mass is 367 g/mol. The molecule has 5 heterocycles. The van der Waals surface area contributed by atoms with E-state index in [0.717, 1.165) is 25.9 Å². The highest BCUT2D eigenvalue weighted by Gasteiger charge is 2.67. The third-order valence-corrected chi connectivity index (χ3v) is 6.83. The molecule has 4 atom stereocenters. The van der Waals surface area contributed by atoms with Crippen LogP contribution in [0.3, 0.4) is 0 Å². The number of hydrogen-bond acceptors (Lipinski definition) is 4. The van der Waals surface area contributed by atoms with Gasteiger partial charge in [-0.1, -0.05) is 12.2 Å². The van der Waals surface area contributed by atoms with Crippen molar-refractivity contribution in [2.75, 3.05) is 26.2 Å². The Balaban J connectivity index is 1.31. The van der Waals surface area contributed by atoms with Gasteiger partial charge in [-0.05, 0) is 43.4 Å². The van der Waals surface area contributed by atoms with Gasteiger partial charge in [-0.3, -0.25) is 14.6 Å². The normalized spacial score (nSPS) is 35.1. The summed E-state index contributed by atoms with van der Waals surface area (Å²) in [6.45, 7) is 4.70. The number of likely N-dealkylation sites (N-methyl/N-ethyl adjacent to an activating group) is 1. The lowest BCUT2D eigenvalue weighted by Crippen LogP contribution is -2.48. The van der Waals surface area contributed by atoms with Gasteiger partial charge in [0.05, 0.1) is 24.5 Å². The van der Waals surface area contributed by atoms with Crippen LogP contribution in [0.25, 0.3) is 0 Å². The number of rotatable bonds is 3. The van der Waals surface area contributed by atoms with Crippen molar-refractivity contribution in [3.05, 3.63) is 42.2 Å². The first kappa shape index (κ1) is 16.9. The van der Waals surface area contributed by atoms with Crippen LogP contribution in [0.1, 0.15) is 31.2 Å². The van der Waals surface area contributed by atoms with Crippen molar-refractivity contribution in [3.63, 3.8) is 0 Å². The number of nitrogens with zero attached hydrogens (tertiary/aromatic N) is 3. The van der Waals surface area contributed by atoms with Crippen molar-refractivity contribution in [2.45, 2.75) is 37.4 Å². The summed E-state index contributed by atoms with van der Waals surface area (Å²) in [7, 11) is 0.